The minimum absolute atomic E-state index is 0.0237. The molecule has 4 N–H and O–H groups in total. The molecule has 0 aromatic heterocycles. The first kappa shape index (κ1) is 65.9. The summed E-state index contributed by atoms with van der Waals surface area (Å²) in [6.07, 6.45) is 8.65. The lowest BCUT2D eigenvalue weighted by atomic mass is 9.92. The van der Waals surface area contributed by atoms with Gasteiger partial charge in [0.15, 0.2) is 17.3 Å². The summed E-state index contributed by atoms with van der Waals surface area (Å²) in [7, 11) is 1.53. The number of anilines is 2. The number of hydrogen-bond acceptors (Lipinski definition) is 16. The van der Waals surface area contributed by atoms with Gasteiger partial charge in [-0.15, -0.1) is 0 Å². The van der Waals surface area contributed by atoms with E-state index in [0.29, 0.717) is 82.9 Å². The Morgan fingerprint density at radius 1 is 0.634 bits per heavy atom. The van der Waals surface area contributed by atoms with Gasteiger partial charge in [0.05, 0.1) is 74.2 Å². The van der Waals surface area contributed by atoms with Crippen LogP contribution in [0.2, 0.25) is 0 Å². The number of rotatable bonds is 28. The largest absolute Gasteiger partial charge is 0.493 e. The number of ether oxygens (including phenoxy) is 5. The minimum Gasteiger partial charge on any atom is -0.493 e. The summed E-state index contributed by atoms with van der Waals surface area (Å²) in [5, 5.41) is 11.0. The van der Waals surface area contributed by atoms with Crippen LogP contribution in [0.1, 0.15) is 113 Å². The van der Waals surface area contributed by atoms with Crippen LogP contribution in [0.4, 0.5) is 27.5 Å². The second kappa shape index (κ2) is 30.4. The Morgan fingerprint density at radius 3 is 1.94 bits per heavy atom. The molecule has 0 saturated heterocycles. The van der Waals surface area contributed by atoms with E-state index in [9.17, 15) is 43.2 Å². The molecule has 10 rings (SSSR count). The molecule has 4 atom stereocenters. The standard InChI is InChI=1S/C70H77N9O14/c1-42(2)66(76-63(82)22-27-90-28-23-71-62(81)21-24-77-64(83)19-20-65(77)84)58(80)30-44(4)67(85)74-50-16-13-45(14-17-50)41-93-70(88)75-51-18-15-47-33-53-38-73-57-36-61(60(89-5)34-55(57)69(87)79(53)40-49(47)31-51)92-26-10-6-9-25-91-59-35-56-54(29-43(59)3)68(86)78-39-48-12-8-7-11-46(48)32-52(78)37-72-56/h7-8,11-20,29,31,34-38,42,44,52-53,66H,6,9-10,21-28,30,32-33,39-41H2,1-5H3,(H,71,81)(H,74,85)(H,75,88)(H,76,82)/t44-,52+,53+,66+/m1/s1. The van der Waals surface area contributed by atoms with Crippen molar-refractivity contribution in [2.45, 2.75) is 117 Å². The highest BCUT2D eigenvalue weighted by molar-refractivity contribution is 6.13. The second-order valence-corrected chi connectivity index (χ2v) is 24.0. The van der Waals surface area contributed by atoms with Crippen molar-refractivity contribution in [3.8, 4) is 17.2 Å². The van der Waals surface area contributed by atoms with E-state index in [1.807, 2.05) is 54.4 Å². The fourth-order valence-electron chi connectivity index (χ4n) is 11.7. The summed E-state index contributed by atoms with van der Waals surface area (Å²) in [6, 6.07) is 26.4. The second-order valence-electron chi connectivity index (χ2n) is 24.0. The van der Waals surface area contributed by atoms with Crippen LogP contribution in [-0.4, -0.2) is 145 Å². The summed E-state index contributed by atoms with van der Waals surface area (Å²) in [4.78, 5) is 130. The van der Waals surface area contributed by atoms with Gasteiger partial charge in [0, 0.05) is 99.4 Å². The first-order chi connectivity index (χ1) is 44.9. The molecule has 0 saturated carbocycles. The zero-order valence-corrected chi connectivity index (χ0v) is 52.8. The summed E-state index contributed by atoms with van der Waals surface area (Å²) in [5.41, 5.74) is 8.81. The minimum atomic E-state index is -0.835. The molecule has 23 heteroatoms. The van der Waals surface area contributed by atoms with Gasteiger partial charge in [-0.2, -0.15) is 0 Å². The lowest BCUT2D eigenvalue weighted by Crippen LogP contribution is -2.45. The molecule has 5 aliphatic rings. The molecule has 93 heavy (non-hydrogen) atoms. The number of nitrogens with zero attached hydrogens (tertiary/aromatic N) is 5. The number of ketones is 1. The average Bonchev–Trinajstić information content (AvgIpc) is 1.76. The number of carbonyl (C=O) groups excluding carboxylic acids is 9. The van der Waals surface area contributed by atoms with Gasteiger partial charge in [0.25, 0.3) is 23.6 Å². The molecule has 5 aliphatic heterocycles. The molecular weight excluding hydrogens is 1190 g/mol. The van der Waals surface area contributed by atoms with Crippen molar-refractivity contribution in [2.24, 2.45) is 21.8 Å². The fourth-order valence-corrected chi connectivity index (χ4v) is 11.7. The number of aryl methyl sites for hydroxylation is 1. The topological polar surface area (TPSA) is 282 Å². The molecule has 8 amide bonds. The summed E-state index contributed by atoms with van der Waals surface area (Å²) in [5.74, 6) is -2.03. The molecule has 0 bridgehead atoms. The highest BCUT2D eigenvalue weighted by Crippen LogP contribution is 2.40. The number of methoxy groups -OCH3 is 1. The van der Waals surface area contributed by atoms with Gasteiger partial charge in [0.1, 0.15) is 12.4 Å². The Kier molecular flexibility index (Phi) is 21.5. The third kappa shape index (κ3) is 16.6. The van der Waals surface area contributed by atoms with Crippen LogP contribution < -0.4 is 35.5 Å². The van der Waals surface area contributed by atoms with Crippen molar-refractivity contribution in [3.05, 3.63) is 148 Å². The lowest BCUT2D eigenvalue weighted by Gasteiger charge is -2.34. The number of unbranched alkanes of at least 4 members (excludes halogenated alkanes) is 2. The van der Waals surface area contributed by atoms with Crippen molar-refractivity contribution in [2.75, 3.05) is 57.3 Å². The maximum Gasteiger partial charge on any atom is 0.411 e. The van der Waals surface area contributed by atoms with Gasteiger partial charge in [-0.1, -0.05) is 63.2 Å². The van der Waals surface area contributed by atoms with E-state index >= 15 is 0 Å². The molecule has 0 aliphatic carbocycles. The molecule has 0 radical (unpaired) electrons. The van der Waals surface area contributed by atoms with Crippen LogP contribution in [0.25, 0.3) is 0 Å². The molecular formula is C70H77N9O14. The van der Waals surface area contributed by atoms with Crippen LogP contribution in [0.15, 0.2) is 113 Å². The predicted octanol–water partition coefficient (Wildman–Crippen LogP) is 8.46. The highest BCUT2D eigenvalue weighted by Gasteiger charge is 2.36. The molecule has 0 fully saturated rings. The summed E-state index contributed by atoms with van der Waals surface area (Å²) >= 11 is 0. The number of benzene rings is 5. The Bertz CT molecular complexity index is 3770. The molecule has 486 valence electrons. The van der Waals surface area contributed by atoms with Crippen molar-refractivity contribution >= 4 is 88.4 Å². The molecule has 0 unspecified atom stereocenters. The first-order valence-electron chi connectivity index (χ1n) is 31.4. The number of fused-ring (bicyclic) bond motifs is 6. The van der Waals surface area contributed by atoms with Crippen LogP contribution >= 0.6 is 0 Å². The Hall–Kier alpha value is -10.0. The van der Waals surface area contributed by atoms with Crippen molar-refractivity contribution < 1.29 is 66.8 Å². The van der Waals surface area contributed by atoms with E-state index in [2.05, 4.69) is 33.4 Å². The van der Waals surface area contributed by atoms with E-state index in [1.165, 1.54) is 18.2 Å². The number of aliphatic imine (C=N–C) groups is 2. The van der Waals surface area contributed by atoms with Crippen LogP contribution in [0.3, 0.4) is 0 Å². The smallest absolute Gasteiger partial charge is 0.411 e. The zero-order valence-electron chi connectivity index (χ0n) is 52.8. The number of carbonyl (C=O) groups is 9. The Balaban J connectivity index is 0.620. The van der Waals surface area contributed by atoms with Gasteiger partial charge in [-0.05, 0) is 115 Å². The number of amides is 8. The lowest BCUT2D eigenvalue weighted by molar-refractivity contribution is -0.137. The molecule has 5 aromatic rings. The predicted molar refractivity (Wildman–Crippen MR) is 346 cm³/mol. The average molecular weight is 1270 g/mol. The molecule has 0 spiro atoms. The van der Waals surface area contributed by atoms with Gasteiger partial charge < -0.3 is 49.4 Å². The molecule has 23 nitrogen and oxygen atoms in total. The maximum atomic E-state index is 14.3. The number of hydrogen-bond donors (Lipinski definition) is 4. The quantitative estimate of drug-likeness (QED) is 0.0270. The van der Waals surface area contributed by atoms with Crippen molar-refractivity contribution in [1.82, 2.24) is 25.3 Å². The number of Topliss-reactive ketones (excluding diaryl/α,β-unsaturated/α-hetero) is 1. The molecule has 5 heterocycles. The van der Waals surface area contributed by atoms with Gasteiger partial charge >= 0.3 is 6.09 Å². The summed E-state index contributed by atoms with van der Waals surface area (Å²) < 4.78 is 29.2. The van der Waals surface area contributed by atoms with E-state index in [4.69, 9.17) is 33.7 Å². The van der Waals surface area contributed by atoms with Crippen LogP contribution in [0, 0.1) is 18.8 Å². The van der Waals surface area contributed by atoms with Gasteiger partial charge in [-0.3, -0.25) is 58.6 Å². The Morgan fingerprint density at radius 2 is 1.26 bits per heavy atom. The van der Waals surface area contributed by atoms with Crippen LogP contribution in [-0.2, 0) is 70.8 Å². The third-order valence-electron chi connectivity index (χ3n) is 16.9. The number of imide groups is 1. The normalized spacial score (nSPS) is 16.6. The van der Waals surface area contributed by atoms with Gasteiger partial charge in [0.2, 0.25) is 17.7 Å². The number of nitrogens with one attached hydrogen (secondary N) is 4. The summed E-state index contributed by atoms with van der Waals surface area (Å²) in [6.45, 7) is 9.08. The van der Waals surface area contributed by atoms with E-state index in [-0.39, 0.29) is 100 Å². The fraction of sp³-hybridized carbons (Fsp3) is 0.386. The highest BCUT2D eigenvalue weighted by atomic mass is 16.5. The van der Waals surface area contributed by atoms with Gasteiger partial charge in [-0.25, -0.2) is 4.79 Å². The SMILES string of the molecule is COc1cc2c(cc1OCCCCCOc1cc3c(cc1C)C(=O)N1Cc4ccccc4C[C@H]1C=N3)N=C[C@@H]1Cc3ccc(NC(=O)OCc4ccc(NC(=O)[C@H](C)CC(=O)[C@@H](NC(=O)CCOCCNC(=O)CCN5C(=O)C=CC5=O)C(C)C)cc4)cc3CN1C2=O. The van der Waals surface area contributed by atoms with Crippen molar-refractivity contribution in [3.63, 3.8) is 0 Å². The van der Waals surface area contributed by atoms with E-state index in [1.54, 1.807) is 74.4 Å². The van der Waals surface area contributed by atoms with Crippen LogP contribution in [0.5, 0.6) is 17.2 Å². The maximum absolute atomic E-state index is 14.3. The van der Waals surface area contributed by atoms with E-state index < -0.39 is 41.7 Å². The zero-order chi connectivity index (χ0) is 65.7. The van der Waals surface area contributed by atoms with Crippen molar-refractivity contribution in [1.29, 1.82) is 0 Å². The first-order valence-corrected chi connectivity index (χ1v) is 31.4. The van der Waals surface area contributed by atoms with E-state index in [0.717, 1.165) is 59.4 Å². The molecule has 5 aromatic carbocycles. The Labute approximate surface area is 539 Å². The monoisotopic (exact) mass is 1270 g/mol. The third-order valence-corrected chi connectivity index (χ3v) is 16.9.